The molecule has 9 heteroatoms. The van der Waals surface area contributed by atoms with Crippen molar-refractivity contribution in [1.29, 1.82) is 0 Å². The van der Waals surface area contributed by atoms with E-state index in [4.69, 9.17) is 10.8 Å². The Hall–Kier alpha value is -2.16. The Kier molecular flexibility index (Phi) is 11.4. The third-order valence-electron chi connectivity index (χ3n) is 5.01. The van der Waals surface area contributed by atoms with Crippen molar-refractivity contribution in [1.82, 2.24) is 16.0 Å². The summed E-state index contributed by atoms with van der Waals surface area (Å²) < 4.78 is 0. The first-order valence-electron chi connectivity index (χ1n) is 9.81. The van der Waals surface area contributed by atoms with E-state index in [1.54, 1.807) is 13.8 Å². The molecule has 0 rings (SSSR count). The van der Waals surface area contributed by atoms with E-state index in [0.29, 0.717) is 6.42 Å². The fraction of sp³-hybridized carbons (Fsp3) is 0.789. The molecule has 28 heavy (non-hydrogen) atoms. The van der Waals surface area contributed by atoms with Gasteiger partial charge in [0.05, 0.1) is 6.04 Å². The van der Waals surface area contributed by atoms with Crippen molar-refractivity contribution in [3.8, 4) is 0 Å². The second-order valence-corrected chi connectivity index (χ2v) is 7.62. The number of nitrogens with two attached hydrogens (primary N) is 1. The highest BCUT2D eigenvalue weighted by atomic mass is 16.4. The molecule has 9 nitrogen and oxygen atoms in total. The number of carboxylic acid groups (broad SMARTS) is 1. The van der Waals surface area contributed by atoms with Crippen LogP contribution in [-0.2, 0) is 19.2 Å². The molecule has 5 atom stereocenters. The Labute approximate surface area is 167 Å². The predicted molar refractivity (Wildman–Crippen MR) is 106 cm³/mol. The molecular formula is C19H36N4O5. The van der Waals surface area contributed by atoms with Crippen molar-refractivity contribution < 1.29 is 24.3 Å². The van der Waals surface area contributed by atoms with Gasteiger partial charge in [-0.3, -0.25) is 19.2 Å². The van der Waals surface area contributed by atoms with E-state index in [0.717, 1.165) is 6.42 Å². The molecule has 0 bridgehead atoms. The van der Waals surface area contributed by atoms with Crippen molar-refractivity contribution in [2.45, 2.75) is 72.5 Å². The quantitative estimate of drug-likeness (QED) is 0.316. The highest BCUT2D eigenvalue weighted by molar-refractivity contribution is 5.94. The molecule has 0 saturated carbocycles. The second kappa shape index (κ2) is 12.3. The standard InChI is InChI=1S/C19H36N4O5/c1-7-11(5)14(20)17(26)23-16(12(6)8-2)19(28)22-15(10(3)4)18(27)21-9-13(24)25/h10-12,14-16H,7-9,20H2,1-6H3,(H,21,27)(H,22,28)(H,23,26)(H,24,25). The smallest absolute Gasteiger partial charge is 0.322 e. The lowest BCUT2D eigenvalue weighted by Crippen LogP contribution is -2.59. The number of aliphatic carboxylic acids is 1. The molecule has 0 saturated heterocycles. The Balaban J connectivity index is 5.29. The molecule has 0 fully saturated rings. The molecule has 0 aliphatic carbocycles. The van der Waals surface area contributed by atoms with E-state index in [1.165, 1.54) is 0 Å². The number of hydrogen-bond donors (Lipinski definition) is 5. The number of carboxylic acids is 1. The van der Waals surface area contributed by atoms with Crippen LogP contribution in [0.25, 0.3) is 0 Å². The van der Waals surface area contributed by atoms with Gasteiger partial charge in [0.25, 0.3) is 0 Å². The minimum absolute atomic E-state index is 0.0362. The summed E-state index contributed by atoms with van der Waals surface area (Å²) in [4.78, 5) is 48.2. The van der Waals surface area contributed by atoms with E-state index in [-0.39, 0.29) is 17.8 Å². The SMILES string of the molecule is CCC(C)C(N)C(=O)NC(C(=O)NC(C(=O)NCC(=O)O)C(C)C)C(C)CC. The number of rotatable bonds is 12. The van der Waals surface area contributed by atoms with E-state index < -0.39 is 48.4 Å². The molecule has 0 aromatic carbocycles. The minimum Gasteiger partial charge on any atom is -0.480 e. The van der Waals surface area contributed by atoms with Gasteiger partial charge in [0.15, 0.2) is 0 Å². The summed E-state index contributed by atoms with van der Waals surface area (Å²) in [6.45, 7) is 10.5. The molecule has 162 valence electrons. The zero-order valence-corrected chi connectivity index (χ0v) is 17.7. The molecule has 0 spiro atoms. The van der Waals surface area contributed by atoms with E-state index >= 15 is 0 Å². The fourth-order valence-corrected chi connectivity index (χ4v) is 2.51. The van der Waals surface area contributed by atoms with Gasteiger partial charge in [-0.25, -0.2) is 0 Å². The highest BCUT2D eigenvalue weighted by Gasteiger charge is 2.32. The van der Waals surface area contributed by atoms with Crippen LogP contribution in [0.5, 0.6) is 0 Å². The van der Waals surface area contributed by atoms with Gasteiger partial charge in [0.2, 0.25) is 17.7 Å². The largest absolute Gasteiger partial charge is 0.480 e. The summed E-state index contributed by atoms with van der Waals surface area (Å²) in [5.74, 6) is -3.15. The van der Waals surface area contributed by atoms with Gasteiger partial charge < -0.3 is 26.8 Å². The van der Waals surface area contributed by atoms with Gasteiger partial charge in [-0.15, -0.1) is 0 Å². The lowest BCUT2D eigenvalue weighted by atomic mass is 9.94. The molecule has 0 aromatic rings. The van der Waals surface area contributed by atoms with Crippen molar-refractivity contribution in [2.75, 3.05) is 6.54 Å². The van der Waals surface area contributed by atoms with Crippen LogP contribution in [0.3, 0.4) is 0 Å². The summed E-state index contributed by atoms with van der Waals surface area (Å²) in [6, 6.07) is -2.50. The normalized spacial score (nSPS) is 16.4. The van der Waals surface area contributed by atoms with Crippen molar-refractivity contribution in [2.24, 2.45) is 23.5 Å². The van der Waals surface area contributed by atoms with E-state index in [1.807, 2.05) is 27.7 Å². The second-order valence-electron chi connectivity index (χ2n) is 7.62. The third kappa shape index (κ3) is 8.24. The average Bonchev–Trinajstić information content (AvgIpc) is 2.65. The van der Waals surface area contributed by atoms with Gasteiger partial charge in [0, 0.05) is 0 Å². The Morgan fingerprint density at radius 3 is 1.75 bits per heavy atom. The molecular weight excluding hydrogens is 364 g/mol. The summed E-state index contributed by atoms with van der Waals surface area (Å²) in [5.41, 5.74) is 5.96. The maximum Gasteiger partial charge on any atom is 0.322 e. The summed E-state index contributed by atoms with van der Waals surface area (Å²) in [7, 11) is 0. The Morgan fingerprint density at radius 1 is 0.821 bits per heavy atom. The van der Waals surface area contributed by atoms with Gasteiger partial charge in [0.1, 0.15) is 18.6 Å². The Bertz CT molecular complexity index is 552. The van der Waals surface area contributed by atoms with Crippen LogP contribution >= 0.6 is 0 Å². The monoisotopic (exact) mass is 400 g/mol. The maximum atomic E-state index is 12.8. The number of carbonyl (C=O) groups excluding carboxylic acids is 3. The van der Waals surface area contributed by atoms with Crippen LogP contribution in [-0.4, -0.2) is 53.5 Å². The first-order valence-corrected chi connectivity index (χ1v) is 9.81. The Morgan fingerprint density at radius 2 is 1.32 bits per heavy atom. The van der Waals surface area contributed by atoms with Crippen LogP contribution in [0.4, 0.5) is 0 Å². The zero-order valence-electron chi connectivity index (χ0n) is 17.7. The number of nitrogens with one attached hydrogen (secondary N) is 3. The van der Waals surface area contributed by atoms with Crippen molar-refractivity contribution in [3.63, 3.8) is 0 Å². The predicted octanol–water partition coefficient (Wildman–Crippen LogP) is 0.232. The number of amides is 3. The molecule has 3 amide bonds. The first-order chi connectivity index (χ1) is 13.0. The van der Waals surface area contributed by atoms with Crippen LogP contribution in [0.2, 0.25) is 0 Å². The average molecular weight is 401 g/mol. The fourth-order valence-electron chi connectivity index (χ4n) is 2.51. The third-order valence-corrected chi connectivity index (χ3v) is 5.01. The van der Waals surface area contributed by atoms with Gasteiger partial charge in [-0.1, -0.05) is 54.4 Å². The number of hydrogen-bond acceptors (Lipinski definition) is 5. The minimum atomic E-state index is -1.18. The molecule has 0 heterocycles. The maximum absolute atomic E-state index is 12.8. The van der Waals surface area contributed by atoms with Crippen LogP contribution < -0.4 is 21.7 Å². The molecule has 0 aliphatic rings. The van der Waals surface area contributed by atoms with Crippen LogP contribution in [0, 0.1) is 17.8 Å². The number of carbonyl (C=O) groups is 4. The zero-order chi connectivity index (χ0) is 22.0. The van der Waals surface area contributed by atoms with Gasteiger partial charge in [-0.05, 0) is 17.8 Å². The lowest BCUT2D eigenvalue weighted by Gasteiger charge is -2.29. The van der Waals surface area contributed by atoms with E-state index in [2.05, 4.69) is 16.0 Å². The van der Waals surface area contributed by atoms with E-state index in [9.17, 15) is 19.2 Å². The summed E-state index contributed by atoms with van der Waals surface area (Å²) in [6.07, 6.45) is 1.36. The molecule has 0 aliphatic heterocycles. The molecule has 0 radical (unpaired) electrons. The van der Waals surface area contributed by atoms with Crippen molar-refractivity contribution >= 4 is 23.7 Å². The molecule has 0 aromatic heterocycles. The molecule has 6 N–H and O–H groups in total. The molecule has 5 unspecified atom stereocenters. The van der Waals surface area contributed by atoms with Gasteiger partial charge >= 0.3 is 5.97 Å². The topological polar surface area (TPSA) is 151 Å². The van der Waals surface area contributed by atoms with Crippen LogP contribution in [0.15, 0.2) is 0 Å². The first kappa shape index (κ1) is 25.8. The highest BCUT2D eigenvalue weighted by Crippen LogP contribution is 2.12. The summed E-state index contributed by atoms with van der Waals surface area (Å²) >= 11 is 0. The van der Waals surface area contributed by atoms with Crippen LogP contribution in [0.1, 0.15) is 54.4 Å². The van der Waals surface area contributed by atoms with Crippen molar-refractivity contribution in [3.05, 3.63) is 0 Å². The summed E-state index contributed by atoms with van der Waals surface area (Å²) in [5, 5.41) is 16.3. The lowest BCUT2D eigenvalue weighted by molar-refractivity contribution is -0.139. The van der Waals surface area contributed by atoms with Gasteiger partial charge in [-0.2, -0.15) is 0 Å².